The van der Waals surface area contributed by atoms with Crippen molar-refractivity contribution in [1.82, 2.24) is 19.7 Å². The topological polar surface area (TPSA) is 94.0 Å². The Hall–Kier alpha value is -2.35. The minimum atomic E-state index is -0.883. The summed E-state index contributed by atoms with van der Waals surface area (Å²) in [5, 5.41) is 13.1. The molecule has 0 aliphatic heterocycles. The molecule has 3 rings (SSSR count). The van der Waals surface area contributed by atoms with Crippen LogP contribution in [0, 0.1) is 0 Å². The van der Waals surface area contributed by atoms with E-state index < -0.39 is 5.97 Å². The van der Waals surface area contributed by atoms with E-state index in [1.165, 1.54) is 11.8 Å². The van der Waals surface area contributed by atoms with Gasteiger partial charge in [0.2, 0.25) is 0 Å². The van der Waals surface area contributed by atoms with Gasteiger partial charge in [-0.3, -0.25) is 9.78 Å². The number of carboxylic acid groups (broad SMARTS) is 1. The first kappa shape index (κ1) is 12.7. The van der Waals surface area contributed by atoms with E-state index in [2.05, 4.69) is 15.1 Å². The van der Waals surface area contributed by atoms with Crippen molar-refractivity contribution >= 4 is 28.8 Å². The second-order valence-electron chi connectivity index (χ2n) is 4.01. The molecule has 0 aliphatic carbocycles. The zero-order chi connectivity index (χ0) is 13.9. The highest BCUT2D eigenvalue weighted by Gasteiger charge is 2.14. The van der Waals surface area contributed by atoms with Crippen LogP contribution >= 0.6 is 11.8 Å². The van der Waals surface area contributed by atoms with Crippen LogP contribution < -0.4 is 0 Å². The van der Waals surface area contributed by atoms with Gasteiger partial charge in [0, 0.05) is 12.3 Å². The monoisotopic (exact) mass is 290 g/mol. The van der Waals surface area contributed by atoms with E-state index in [-0.39, 0.29) is 5.75 Å². The van der Waals surface area contributed by atoms with Gasteiger partial charge >= 0.3 is 5.97 Å². The average molecular weight is 290 g/mol. The molecule has 102 valence electrons. The fourth-order valence-corrected chi connectivity index (χ4v) is 2.56. The molecule has 20 heavy (non-hydrogen) atoms. The van der Waals surface area contributed by atoms with Crippen LogP contribution in [-0.4, -0.2) is 36.5 Å². The largest absolute Gasteiger partial charge is 0.481 e. The molecule has 0 spiro atoms. The minimum absolute atomic E-state index is 0.0485. The Morgan fingerprint density at radius 2 is 2.30 bits per heavy atom. The third kappa shape index (κ3) is 2.50. The number of imidazole rings is 1. The van der Waals surface area contributed by atoms with Crippen LogP contribution in [-0.2, 0) is 11.3 Å². The Labute approximate surface area is 117 Å². The molecule has 3 aromatic heterocycles. The van der Waals surface area contributed by atoms with Crippen LogP contribution in [0.4, 0.5) is 0 Å². The summed E-state index contributed by atoms with van der Waals surface area (Å²) in [6.45, 7) is 0.447. The lowest BCUT2D eigenvalue weighted by Crippen LogP contribution is -2.04. The number of aromatic nitrogens is 4. The first-order valence-electron chi connectivity index (χ1n) is 5.78. The number of pyridine rings is 1. The van der Waals surface area contributed by atoms with Crippen LogP contribution in [0.5, 0.6) is 0 Å². The van der Waals surface area contributed by atoms with E-state index in [0.29, 0.717) is 17.5 Å². The molecule has 3 heterocycles. The molecule has 0 atom stereocenters. The van der Waals surface area contributed by atoms with Gasteiger partial charge in [-0.05, 0) is 6.07 Å². The van der Waals surface area contributed by atoms with Crippen molar-refractivity contribution in [2.45, 2.75) is 11.7 Å². The number of hydrogen-bond acceptors (Lipinski definition) is 6. The molecule has 0 saturated heterocycles. The van der Waals surface area contributed by atoms with Crippen LogP contribution in [0.3, 0.4) is 0 Å². The maximum Gasteiger partial charge on any atom is 0.313 e. The number of thioether (sulfide) groups is 1. The summed E-state index contributed by atoms with van der Waals surface area (Å²) in [6, 6.07) is 3.60. The summed E-state index contributed by atoms with van der Waals surface area (Å²) >= 11 is 1.17. The lowest BCUT2D eigenvalue weighted by Gasteiger charge is -2.05. The lowest BCUT2D eigenvalue weighted by molar-refractivity contribution is -0.133. The molecule has 0 saturated carbocycles. The zero-order valence-electron chi connectivity index (χ0n) is 10.3. The summed E-state index contributed by atoms with van der Waals surface area (Å²) in [7, 11) is 0. The van der Waals surface area contributed by atoms with Gasteiger partial charge in [-0.25, -0.2) is 4.98 Å². The van der Waals surface area contributed by atoms with Crippen molar-refractivity contribution in [1.29, 1.82) is 0 Å². The predicted octanol–water partition coefficient (Wildman–Crippen LogP) is 1.64. The molecule has 0 aliphatic rings. The van der Waals surface area contributed by atoms with Crippen molar-refractivity contribution in [3.63, 3.8) is 0 Å². The molecule has 0 radical (unpaired) electrons. The van der Waals surface area contributed by atoms with Crippen LogP contribution in [0.1, 0.15) is 5.76 Å². The molecule has 0 fully saturated rings. The summed E-state index contributed by atoms with van der Waals surface area (Å²) in [5.74, 6) is -0.252. The molecule has 0 unspecified atom stereocenters. The maximum atomic E-state index is 10.7. The quantitative estimate of drug-likeness (QED) is 0.714. The van der Waals surface area contributed by atoms with Crippen molar-refractivity contribution in [3.05, 3.63) is 36.5 Å². The number of nitrogens with zero attached hydrogens (tertiary/aromatic N) is 4. The summed E-state index contributed by atoms with van der Waals surface area (Å²) < 4.78 is 6.99. The standard InChI is InChI=1S/C12H10N4O3S/c17-11(18)7-20-12-15-9-5-13-3-2-10(9)16(12)6-8-1-4-14-19-8/h1-5H,6-7H2,(H,17,18). The maximum absolute atomic E-state index is 10.7. The van der Waals surface area contributed by atoms with Crippen LogP contribution in [0.15, 0.2) is 40.4 Å². The Bertz CT molecular complexity index is 738. The van der Waals surface area contributed by atoms with Gasteiger partial charge in [-0.15, -0.1) is 0 Å². The third-order valence-corrected chi connectivity index (χ3v) is 3.61. The highest BCUT2D eigenvalue weighted by molar-refractivity contribution is 7.99. The molecule has 0 aromatic carbocycles. The van der Waals surface area contributed by atoms with Gasteiger partial charge in [-0.1, -0.05) is 16.9 Å². The van der Waals surface area contributed by atoms with Gasteiger partial charge in [0.15, 0.2) is 10.9 Å². The van der Waals surface area contributed by atoms with Gasteiger partial charge in [0.05, 0.1) is 30.2 Å². The van der Waals surface area contributed by atoms with E-state index in [1.807, 2.05) is 10.6 Å². The van der Waals surface area contributed by atoms with Gasteiger partial charge in [0.1, 0.15) is 5.52 Å². The van der Waals surface area contributed by atoms with Gasteiger partial charge in [-0.2, -0.15) is 0 Å². The summed E-state index contributed by atoms with van der Waals surface area (Å²) in [6.07, 6.45) is 4.89. The number of aliphatic carboxylic acids is 1. The van der Waals surface area contributed by atoms with Crippen LogP contribution in [0.2, 0.25) is 0 Å². The molecule has 1 N–H and O–H groups in total. The Morgan fingerprint density at radius 3 is 3.05 bits per heavy atom. The molecule has 3 aromatic rings. The first-order valence-corrected chi connectivity index (χ1v) is 6.77. The molecule has 8 heteroatoms. The third-order valence-electron chi connectivity index (χ3n) is 2.65. The fourth-order valence-electron chi connectivity index (χ4n) is 1.83. The van der Waals surface area contributed by atoms with E-state index >= 15 is 0 Å². The zero-order valence-corrected chi connectivity index (χ0v) is 11.1. The van der Waals surface area contributed by atoms with Gasteiger partial charge < -0.3 is 14.2 Å². The number of rotatable bonds is 5. The molecule has 7 nitrogen and oxygen atoms in total. The number of hydrogen-bond donors (Lipinski definition) is 1. The van der Waals surface area contributed by atoms with Crippen LogP contribution in [0.25, 0.3) is 11.0 Å². The van der Waals surface area contributed by atoms with Crippen molar-refractivity contribution < 1.29 is 14.4 Å². The number of carboxylic acids is 1. The Morgan fingerprint density at radius 1 is 1.40 bits per heavy atom. The van der Waals surface area contributed by atoms with E-state index in [4.69, 9.17) is 9.63 Å². The Kier molecular flexibility index (Phi) is 3.38. The van der Waals surface area contributed by atoms with Gasteiger partial charge in [0.25, 0.3) is 0 Å². The number of carbonyl (C=O) groups is 1. The van der Waals surface area contributed by atoms with E-state index in [1.54, 1.807) is 24.7 Å². The van der Waals surface area contributed by atoms with Crippen molar-refractivity contribution in [3.8, 4) is 0 Å². The number of fused-ring (bicyclic) bond motifs is 1. The summed E-state index contributed by atoms with van der Waals surface area (Å²) in [5.41, 5.74) is 1.60. The molecule has 0 amide bonds. The highest BCUT2D eigenvalue weighted by Crippen LogP contribution is 2.24. The smallest absolute Gasteiger partial charge is 0.313 e. The lowest BCUT2D eigenvalue weighted by atomic mass is 10.4. The Balaban J connectivity index is 2.01. The predicted molar refractivity (Wildman–Crippen MR) is 71.5 cm³/mol. The normalized spacial score (nSPS) is 11.0. The van der Waals surface area contributed by atoms with E-state index in [0.717, 1.165) is 11.0 Å². The van der Waals surface area contributed by atoms with Crippen molar-refractivity contribution in [2.75, 3.05) is 5.75 Å². The molecular weight excluding hydrogens is 280 g/mol. The van der Waals surface area contributed by atoms with Crippen molar-refractivity contribution in [2.24, 2.45) is 0 Å². The molecular formula is C12H10N4O3S. The second-order valence-corrected chi connectivity index (χ2v) is 4.95. The SMILES string of the molecule is O=C(O)CSc1nc2cnccc2n1Cc1ccno1. The minimum Gasteiger partial charge on any atom is -0.481 e. The molecule has 0 bridgehead atoms. The second kappa shape index (κ2) is 5.33. The highest BCUT2D eigenvalue weighted by atomic mass is 32.2. The first-order chi connectivity index (χ1) is 9.74. The fraction of sp³-hybridized carbons (Fsp3) is 0.167. The average Bonchev–Trinajstić information content (AvgIpc) is 3.05. The summed E-state index contributed by atoms with van der Waals surface area (Å²) in [4.78, 5) is 19.1. The van der Waals surface area contributed by atoms with E-state index in [9.17, 15) is 4.79 Å².